The van der Waals surface area contributed by atoms with Gasteiger partial charge in [-0.3, -0.25) is 0 Å². The fourth-order valence-electron chi connectivity index (χ4n) is 2.07. The lowest BCUT2D eigenvalue weighted by atomic mass is 9.90. The largest absolute Gasteiger partial charge is 0.508 e. The standard InChI is InChI=1S/C12H17NO/c1-9-6-7-13-12(8-9)10-2-4-11(14)5-3-10/h2-5,9,12-14H,6-8H2,1H3/t9-,12+/m1/s1. The smallest absolute Gasteiger partial charge is 0.115 e. The molecule has 1 saturated heterocycles. The molecule has 0 radical (unpaired) electrons. The molecule has 2 atom stereocenters. The first kappa shape index (κ1) is 9.53. The SMILES string of the molecule is C[C@@H]1CCN[C@H](c2ccc(O)cc2)C1. The van der Waals surface area contributed by atoms with E-state index in [4.69, 9.17) is 0 Å². The Balaban J connectivity index is 2.10. The summed E-state index contributed by atoms with van der Waals surface area (Å²) < 4.78 is 0. The van der Waals surface area contributed by atoms with Gasteiger partial charge in [0.05, 0.1) is 0 Å². The molecule has 2 rings (SSSR count). The van der Waals surface area contributed by atoms with Gasteiger partial charge in [0.15, 0.2) is 0 Å². The third-order valence-corrected chi connectivity index (χ3v) is 2.96. The predicted octanol–water partition coefficient (Wildman–Crippen LogP) is 2.45. The Hall–Kier alpha value is -1.02. The van der Waals surface area contributed by atoms with Gasteiger partial charge in [-0.25, -0.2) is 0 Å². The number of nitrogens with one attached hydrogen (secondary N) is 1. The molecule has 14 heavy (non-hydrogen) atoms. The Morgan fingerprint density at radius 2 is 2.00 bits per heavy atom. The molecule has 2 N–H and O–H groups in total. The summed E-state index contributed by atoms with van der Waals surface area (Å²) in [4.78, 5) is 0. The number of phenols is 1. The quantitative estimate of drug-likeness (QED) is 0.714. The molecule has 0 unspecified atom stereocenters. The first-order chi connectivity index (χ1) is 6.75. The molecule has 0 bridgehead atoms. The van der Waals surface area contributed by atoms with E-state index in [0.29, 0.717) is 11.8 Å². The number of hydrogen-bond donors (Lipinski definition) is 2. The number of benzene rings is 1. The van der Waals surface area contributed by atoms with Crippen LogP contribution < -0.4 is 5.32 Å². The van der Waals surface area contributed by atoms with Gasteiger partial charge < -0.3 is 10.4 Å². The third-order valence-electron chi connectivity index (χ3n) is 2.96. The summed E-state index contributed by atoms with van der Waals surface area (Å²) in [7, 11) is 0. The molecule has 1 heterocycles. The van der Waals surface area contributed by atoms with Crippen LogP contribution in [-0.4, -0.2) is 11.7 Å². The van der Waals surface area contributed by atoms with Gasteiger partial charge in [0.2, 0.25) is 0 Å². The summed E-state index contributed by atoms with van der Waals surface area (Å²) in [5, 5.41) is 12.7. The van der Waals surface area contributed by atoms with Gasteiger partial charge in [-0.1, -0.05) is 19.1 Å². The van der Waals surface area contributed by atoms with Crippen molar-refractivity contribution in [1.29, 1.82) is 0 Å². The summed E-state index contributed by atoms with van der Waals surface area (Å²) in [6.07, 6.45) is 2.47. The first-order valence-electron chi connectivity index (χ1n) is 5.28. The molecular weight excluding hydrogens is 174 g/mol. The molecule has 0 amide bonds. The second-order valence-corrected chi connectivity index (χ2v) is 4.23. The van der Waals surface area contributed by atoms with Gasteiger partial charge >= 0.3 is 0 Å². The summed E-state index contributed by atoms with van der Waals surface area (Å²) >= 11 is 0. The van der Waals surface area contributed by atoms with Gasteiger partial charge in [-0.15, -0.1) is 0 Å². The molecule has 0 spiro atoms. The van der Waals surface area contributed by atoms with Gasteiger partial charge in [0.25, 0.3) is 0 Å². The predicted molar refractivity (Wildman–Crippen MR) is 57.2 cm³/mol. The van der Waals surface area contributed by atoms with Crippen LogP contribution in [0.5, 0.6) is 5.75 Å². The van der Waals surface area contributed by atoms with Crippen molar-refractivity contribution < 1.29 is 5.11 Å². The zero-order chi connectivity index (χ0) is 9.97. The number of rotatable bonds is 1. The monoisotopic (exact) mass is 191 g/mol. The van der Waals surface area contributed by atoms with Crippen molar-refractivity contribution in [3.05, 3.63) is 29.8 Å². The lowest BCUT2D eigenvalue weighted by Gasteiger charge is -2.28. The highest BCUT2D eigenvalue weighted by Gasteiger charge is 2.19. The second-order valence-electron chi connectivity index (χ2n) is 4.23. The molecular formula is C12H17NO. The van der Waals surface area contributed by atoms with Crippen molar-refractivity contribution in [3.63, 3.8) is 0 Å². The van der Waals surface area contributed by atoms with Crippen molar-refractivity contribution >= 4 is 0 Å². The molecule has 2 heteroatoms. The van der Waals surface area contributed by atoms with Crippen LogP contribution in [0.4, 0.5) is 0 Å². The molecule has 0 aromatic heterocycles. The van der Waals surface area contributed by atoms with Crippen LogP contribution in [0, 0.1) is 5.92 Å². The highest BCUT2D eigenvalue weighted by molar-refractivity contribution is 5.28. The Morgan fingerprint density at radius 1 is 1.29 bits per heavy atom. The van der Waals surface area contributed by atoms with E-state index < -0.39 is 0 Å². The minimum atomic E-state index is 0.345. The Morgan fingerprint density at radius 3 is 2.64 bits per heavy atom. The summed E-state index contributed by atoms with van der Waals surface area (Å²) in [6, 6.07) is 8.00. The average Bonchev–Trinajstić information content (AvgIpc) is 2.19. The van der Waals surface area contributed by atoms with Crippen LogP contribution >= 0.6 is 0 Å². The minimum Gasteiger partial charge on any atom is -0.508 e. The van der Waals surface area contributed by atoms with E-state index >= 15 is 0 Å². The topological polar surface area (TPSA) is 32.3 Å². The highest BCUT2D eigenvalue weighted by atomic mass is 16.3. The van der Waals surface area contributed by atoms with Crippen LogP contribution in [-0.2, 0) is 0 Å². The number of phenolic OH excluding ortho intramolecular Hbond substituents is 1. The Bertz CT molecular complexity index is 294. The maximum Gasteiger partial charge on any atom is 0.115 e. The summed E-state index contributed by atoms with van der Waals surface area (Å²) in [5.74, 6) is 1.15. The molecule has 1 aliphatic heterocycles. The van der Waals surface area contributed by atoms with Crippen LogP contribution in [0.2, 0.25) is 0 Å². The van der Waals surface area contributed by atoms with E-state index in [9.17, 15) is 5.11 Å². The highest BCUT2D eigenvalue weighted by Crippen LogP contribution is 2.27. The van der Waals surface area contributed by atoms with E-state index in [1.807, 2.05) is 12.1 Å². The molecule has 1 aromatic rings. The van der Waals surface area contributed by atoms with E-state index in [0.717, 1.165) is 12.5 Å². The van der Waals surface area contributed by atoms with Crippen LogP contribution in [0.3, 0.4) is 0 Å². The molecule has 1 aromatic carbocycles. The van der Waals surface area contributed by atoms with Crippen LogP contribution in [0.25, 0.3) is 0 Å². The van der Waals surface area contributed by atoms with E-state index in [2.05, 4.69) is 12.2 Å². The molecule has 0 aliphatic carbocycles. The minimum absolute atomic E-state index is 0.345. The van der Waals surface area contributed by atoms with Gasteiger partial charge in [-0.2, -0.15) is 0 Å². The fraction of sp³-hybridized carbons (Fsp3) is 0.500. The van der Waals surface area contributed by atoms with Crippen molar-refractivity contribution in [2.24, 2.45) is 5.92 Å². The van der Waals surface area contributed by atoms with Gasteiger partial charge in [-0.05, 0) is 43.0 Å². The Kier molecular flexibility index (Phi) is 2.73. The molecule has 1 aliphatic rings. The zero-order valence-corrected chi connectivity index (χ0v) is 8.53. The van der Waals surface area contributed by atoms with E-state index in [-0.39, 0.29) is 0 Å². The average molecular weight is 191 g/mol. The van der Waals surface area contributed by atoms with Crippen molar-refractivity contribution in [1.82, 2.24) is 5.32 Å². The first-order valence-corrected chi connectivity index (χ1v) is 5.28. The molecule has 76 valence electrons. The molecule has 2 nitrogen and oxygen atoms in total. The second kappa shape index (κ2) is 4.01. The van der Waals surface area contributed by atoms with Crippen LogP contribution in [0.15, 0.2) is 24.3 Å². The third kappa shape index (κ3) is 2.07. The fourth-order valence-corrected chi connectivity index (χ4v) is 2.07. The van der Waals surface area contributed by atoms with Crippen molar-refractivity contribution in [3.8, 4) is 5.75 Å². The van der Waals surface area contributed by atoms with E-state index in [1.54, 1.807) is 12.1 Å². The van der Waals surface area contributed by atoms with Gasteiger partial charge in [0, 0.05) is 6.04 Å². The lowest BCUT2D eigenvalue weighted by Crippen LogP contribution is -2.30. The molecule has 0 saturated carbocycles. The zero-order valence-electron chi connectivity index (χ0n) is 8.53. The summed E-state index contributed by atoms with van der Waals surface area (Å²) in [6.45, 7) is 3.40. The number of aromatic hydroxyl groups is 1. The van der Waals surface area contributed by atoms with Crippen LogP contribution in [0.1, 0.15) is 31.4 Å². The number of hydrogen-bond acceptors (Lipinski definition) is 2. The number of piperidine rings is 1. The lowest BCUT2D eigenvalue weighted by molar-refractivity contribution is 0.325. The van der Waals surface area contributed by atoms with Gasteiger partial charge in [0.1, 0.15) is 5.75 Å². The van der Waals surface area contributed by atoms with Crippen molar-refractivity contribution in [2.75, 3.05) is 6.54 Å². The maximum absolute atomic E-state index is 9.19. The van der Waals surface area contributed by atoms with E-state index in [1.165, 1.54) is 18.4 Å². The molecule has 1 fully saturated rings. The Labute approximate surface area is 85.0 Å². The summed E-state index contributed by atoms with van der Waals surface area (Å²) in [5.41, 5.74) is 1.29. The normalized spacial score (nSPS) is 27.5. The van der Waals surface area contributed by atoms with Crippen molar-refractivity contribution in [2.45, 2.75) is 25.8 Å². The maximum atomic E-state index is 9.19.